The van der Waals surface area contributed by atoms with Crippen molar-refractivity contribution in [3.63, 3.8) is 0 Å². The third kappa shape index (κ3) is 7.75. The zero-order valence-electron chi connectivity index (χ0n) is 21.7. The molecule has 0 spiro atoms. The first-order valence-corrected chi connectivity index (χ1v) is 13.9. The summed E-state index contributed by atoms with van der Waals surface area (Å²) in [4.78, 5) is 29.2. The van der Waals surface area contributed by atoms with Crippen LogP contribution in [0.15, 0.2) is 72.8 Å². The van der Waals surface area contributed by atoms with Crippen molar-refractivity contribution >= 4 is 35.0 Å². The van der Waals surface area contributed by atoms with Crippen molar-refractivity contribution in [3.05, 3.63) is 99.5 Å². The number of carbonyl (C=O) groups is 2. The number of nitrogens with zero attached hydrogens (tertiary/aromatic N) is 1. The molecular formula is C31H34Cl2N2O3. The number of aryl methyl sites for hydroxylation is 1. The Kier molecular flexibility index (Phi) is 10.1. The Morgan fingerprint density at radius 3 is 2.34 bits per heavy atom. The number of amides is 2. The molecule has 1 aliphatic carbocycles. The minimum Gasteiger partial charge on any atom is -0.484 e. The van der Waals surface area contributed by atoms with Gasteiger partial charge in [-0.25, -0.2) is 0 Å². The average molecular weight is 554 g/mol. The van der Waals surface area contributed by atoms with Crippen LogP contribution >= 0.6 is 23.2 Å². The zero-order valence-corrected chi connectivity index (χ0v) is 23.2. The van der Waals surface area contributed by atoms with Crippen molar-refractivity contribution in [3.8, 4) is 5.75 Å². The maximum absolute atomic E-state index is 13.8. The topological polar surface area (TPSA) is 58.6 Å². The Morgan fingerprint density at radius 1 is 0.921 bits per heavy atom. The van der Waals surface area contributed by atoms with Gasteiger partial charge in [0.15, 0.2) is 6.61 Å². The second kappa shape index (κ2) is 13.7. The van der Waals surface area contributed by atoms with E-state index in [9.17, 15) is 9.59 Å². The van der Waals surface area contributed by atoms with Gasteiger partial charge in [-0.1, -0.05) is 97.1 Å². The van der Waals surface area contributed by atoms with E-state index in [4.69, 9.17) is 27.9 Å². The van der Waals surface area contributed by atoms with Gasteiger partial charge < -0.3 is 15.0 Å². The van der Waals surface area contributed by atoms with Gasteiger partial charge in [0.05, 0.1) is 10.0 Å². The Bertz CT molecular complexity index is 1230. The Morgan fingerprint density at radius 2 is 1.63 bits per heavy atom. The number of carbonyl (C=O) groups excluding carboxylic acids is 2. The molecule has 3 aromatic rings. The summed E-state index contributed by atoms with van der Waals surface area (Å²) < 4.78 is 5.92. The molecule has 1 N–H and O–H groups in total. The van der Waals surface area contributed by atoms with Crippen LogP contribution in [0.2, 0.25) is 10.0 Å². The maximum atomic E-state index is 13.8. The number of nitrogens with one attached hydrogen (secondary N) is 1. The second-order valence-corrected chi connectivity index (χ2v) is 10.7. The third-order valence-corrected chi connectivity index (χ3v) is 7.74. The Hall–Kier alpha value is -3.02. The predicted octanol–water partition coefficient (Wildman–Crippen LogP) is 6.77. The van der Waals surface area contributed by atoms with Crippen LogP contribution in [0.3, 0.4) is 0 Å². The summed E-state index contributed by atoms with van der Waals surface area (Å²) in [5, 5.41) is 4.08. The molecule has 0 unspecified atom stereocenters. The highest BCUT2D eigenvalue weighted by molar-refractivity contribution is 6.42. The van der Waals surface area contributed by atoms with Crippen LogP contribution in [-0.4, -0.2) is 35.4 Å². The van der Waals surface area contributed by atoms with Gasteiger partial charge in [0, 0.05) is 19.0 Å². The van der Waals surface area contributed by atoms with Crippen molar-refractivity contribution in [1.29, 1.82) is 0 Å². The smallest absolute Gasteiger partial charge is 0.261 e. The van der Waals surface area contributed by atoms with Crippen LogP contribution < -0.4 is 10.1 Å². The van der Waals surface area contributed by atoms with Crippen molar-refractivity contribution in [2.75, 3.05) is 6.61 Å². The van der Waals surface area contributed by atoms with Gasteiger partial charge in [-0.05, 0) is 54.7 Å². The fourth-order valence-electron chi connectivity index (χ4n) is 4.87. The van der Waals surface area contributed by atoms with Gasteiger partial charge in [-0.2, -0.15) is 0 Å². The zero-order chi connectivity index (χ0) is 26.9. The minimum atomic E-state index is -0.721. The van der Waals surface area contributed by atoms with E-state index < -0.39 is 6.04 Å². The van der Waals surface area contributed by atoms with Crippen LogP contribution in [0.1, 0.15) is 48.8 Å². The number of ether oxygens (including phenoxy) is 1. The summed E-state index contributed by atoms with van der Waals surface area (Å²) >= 11 is 12.4. The number of halogens is 2. The summed E-state index contributed by atoms with van der Waals surface area (Å²) in [6.07, 6.45) is 5.70. The first-order valence-electron chi connectivity index (χ1n) is 13.2. The molecule has 4 rings (SSSR count). The summed E-state index contributed by atoms with van der Waals surface area (Å²) in [6.45, 7) is 1.94. The van der Waals surface area contributed by atoms with Crippen LogP contribution in [0, 0.1) is 6.92 Å². The standard InChI is InChI=1S/C31H34Cl2N2O3/c1-22-10-8-9-15-29(22)38-21-30(36)35(20-24-16-17-26(32)27(33)18-24)28(19-23-11-4-2-5-12-23)31(37)34-25-13-6-3-7-14-25/h2,4-5,8-12,15-18,25,28H,3,6-7,13-14,19-21H2,1H3,(H,34,37)/t28-/m0/s1. The van der Waals surface area contributed by atoms with Gasteiger partial charge in [0.1, 0.15) is 11.8 Å². The molecule has 3 aromatic carbocycles. The third-order valence-electron chi connectivity index (χ3n) is 7.00. The summed E-state index contributed by atoms with van der Waals surface area (Å²) in [7, 11) is 0. The molecule has 5 nitrogen and oxygen atoms in total. The first-order chi connectivity index (χ1) is 18.4. The van der Waals surface area contributed by atoms with E-state index in [1.807, 2.05) is 67.6 Å². The van der Waals surface area contributed by atoms with Crippen molar-refractivity contribution in [1.82, 2.24) is 10.2 Å². The molecule has 38 heavy (non-hydrogen) atoms. The van der Waals surface area contributed by atoms with Gasteiger partial charge in [0.25, 0.3) is 5.91 Å². The summed E-state index contributed by atoms with van der Waals surface area (Å²) in [5.74, 6) is 0.214. The lowest BCUT2D eigenvalue weighted by molar-refractivity contribution is -0.143. The van der Waals surface area contributed by atoms with Crippen molar-refractivity contribution < 1.29 is 14.3 Å². The van der Waals surface area contributed by atoms with E-state index in [1.54, 1.807) is 17.0 Å². The van der Waals surface area contributed by atoms with Crippen LogP contribution in [0.5, 0.6) is 5.75 Å². The number of rotatable bonds is 10. The summed E-state index contributed by atoms with van der Waals surface area (Å²) in [6, 6.07) is 22.0. The van der Waals surface area contributed by atoms with Gasteiger partial charge in [0.2, 0.25) is 5.91 Å². The molecule has 0 bridgehead atoms. The van der Waals surface area contributed by atoms with E-state index in [1.165, 1.54) is 6.42 Å². The number of hydrogen-bond donors (Lipinski definition) is 1. The normalized spacial score (nSPS) is 14.5. The molecule has 1 fully saturated rings. The van der Waals surface area contributed by atoms with Gasteiger partial charge in [-0.15, -0.1) is 0 Å². The highest BCUT2D eigenvalue weighted by Gasteiger charge is 2.32. The van der Waals surface area contributed by atoms with Crippen LogP contribution in [0.4, 0.5) is 0 Å². The van der Waals surface area contributed by atoms with Gasteiger partial charge >= 0.3 is 0 Å². The lowest BCUT2D eigenvalue weighted by Gasteiger charge is -2.33. The molecule has 2 amide bonds. The molecule has 0 aliphatic heterocycles. The molecule has 7 heteroatoms. The van der Waals surface area contributed by atoms with Crippen molar-refractivity contribution in [2.24, 2.45) is 0 Å². The quantitative estimate of drug-likeness (QED) is 0.302. The monoisotopic (exact) mass is 552 g/mol. The van der Waals surface area contributed by atoms with E-state index in [0.717, 1.165) is 42.4 Å². The molecule has 1 aliphatic rings. The maximum Gasteiger partial charge on any atom is 0.261 e. The molecule has 0 heterocycles. The summed E-state index contributed by atoms with van der Waals surface area (Å²) in [5.41, 5.74) is 2.70. The van der Waals surface area contributed by atoms with Crippen molar-refractivity contribution in [2.45, 2.75) is 64.1 Å². The lowest BCUT2D eigenvalue weighted by Crippen LogP contribution is -2.53. The minimum absolute atomic E-state index is 0.125. The Balaban J connectivity index is 1.63. The van der Waals surface area contributed by atoms with E-state index >= 15 is 0 Å². The van der Waals surface area contributed by atoms with Crippen LogP contribution in [0.25, 0.3) is 0 Å². The first kappa shape index (κ1) is 28.0. The Labute approximate surface area is 235 Å². The molecule has 1 saturated carbocycles. The molecular weight excluding hydrogens is 519 g/mol. The predicted molar refractivity (Wildman–Crippen MR) is 153 cm³/mol. The number of hydrogen-bond acceptors (Lipinski definition) is 3. The van der Waals surface area contributed by atoms with E-state index in [2.05, 4.69) is 5.32 Å². The molecule has 1 atom stereocenters. The number of para-hydroxylation sites is 1. The fourth-order valence-corrected chi connectivity index (χ4v) is 5.19. The second-order valence-electron chi connectivity index (χ2n) is 9.87. The fraction of sp³-hybridized carbons (Fsp3) is 0.355. The largest absolute Gasteiger partial charge is 0.484 e. The molecule has 0 aromatic heterocycles. The lowest BCUT2D eigenvalue weighted by atomic mass is 9.94. The van der Waals surface area contributed by atoms with Crippen LogP contribution in [-0.2, 0) is 22.6 Å². The molecule has 0 radical (unpaired) electrons. The molecule has 200 valence electrons. The highest BCUT2D eigenvalue weighted by atomic mass is 35.5. The van der Waals surface area contributed by atoms with E-state index in [0.29, 0.717) is 22.2 Å². The number of benzene rings is 3. The SMILES string of the molecule is Cc1ccccc1OCC(=O)N(Cc1ccc(Cl)c(Cl)c1)[C@@H](Cc1ccccc1)C(=O)NC1CCCCC1. The van der Waals surface area contributed by atoms with E-state index in [-0.39, 0.29) is 31.0 Å². The molecule has 0 saturated heterocycles. The highest BCUT2D eigenvalue weighted by Crippen LogP contribution is 2.25. The average Bonchev–Trinajstić information content (AvgIpc) is 2.93. The van der Waals surface area contributed by atoms with Gasteiger partial charge in [-0.3, -0.25) is 9.59 Å².